The van der Waals surface area contributed by atoms with Gasteiger partial charge < -0.3 is 10.2 Å². The molecule has 0 atom stereocenters. The molecule has 1 fully saturated rings. The summed E-state index contributed by atoms with van der Waals surface area (Å²) < 4.78 is 2.35. The molecule has 0 unspecified atom stereocenters. The first-order valence-corrected chi connectivity index (χ1v) is 9.03. The summed E-state index contributed by atoms with van der Waals surface area (Å²) in [5.74, 6) is 0. The van der Waals surface area contributed by atoms with E-state index in [1.165, 1.54) is 54.0 Å². The molecule has 0 spiro atoms. The quantitative estimate of drug-likeness (QED) is 0.724. The van der Waals surface area contributed by atoms with E-state index in [9.17, 15) is 0 Å². The highest BCUT2D eigenvalue weighted by molar-refractivity contribution is 9.13. The largest absolute Gasteiger partial charge is 0.312 e. The second-order valence-corrected chi connectivity index (χ2v) is 8.08. The molecule has 0 saturated carbocycles. The third-order valence-corrected chi connectivity index (χ3v) is 6.53. The van der Waals surface area contributed by atoms with Crippen LogP contribution in [0.4, 0.5) is 0 Å². The van der Waals surface area contributed by atoms with E-state index in [1.807, 2.05) is 0 Å². The lowest BCUT2D eigenvalue weighted by Crippen LogP contribution is -2.32. The second-order valence-electron chi connectivity index (χ2n) is 4.77. The fraction of sp³-hybridized carbons (Fsp3) is 0.692. The molecule has 1 aromatic heterocycles. The van der Waals surface area contributed by atoms with Gasteiger partial charge in [-0.3, -0.25) is 0 Å². The summed E-state index contributed by atoms with van der Waals surface area (Å²) in [5.41, 5.74) is 0. The summed E-state index contributed by atoms with van der Waals surface area (Å²) in [6, 6.07) is 2.19. The molecule has 0 bridgehead atoms. The van der Waals surface area contributed by atoms with Gasteiger partial charge >= 0.3 is 0 Å². The maximum absolute atomic E-state index is 3.53. The van der Waals surface area contributed by atoms with E-state index in [0.717, 1.165) is 17.6 Å². The number of piperidine rings is 1. The number of halogens is 2. The van der Waals surface area contributed by atoms with Crippen molar-refractivity contribution in [2.75, 3.05) is 26.2 Å². The van der Waals surface area contributed by atoms with E-state index < -0.39 is 0 Å². The second kappa shape index (κ2) is 8.00. The summed E-state index contributed by atoms with van der Waals surface area (Å²) >= 11 is 8.85. The molecule has 0 amide bonds. The number of hydrogen-bond donors (Lipinski definition) is 1. The van der Waals surface area contributed by atoms with Gasteiger partial charge in [0.25, 0.3) is 0 Å². The molecule has 1 aliphatic heterocycles. The van der Waals surface area contributed by atoms with E-state index in [-0.39, 0.29) is 0 Å². The number of nitrogens with one attached hydrogen (secondary N) is 1. The molecule has 2 rings (SSSR count). The Balaban J connectivity index is 1.55. The van der Waals surface area contributed by atoms with E-state index >= 15 is 0 Å². The van der Waals surface area contributed by atoms with Gasteiger partial charge in [0, 0.05) is 15.9 Å². The highest BCUT2D eigenvalue weighted by Crippen LogP contribution is 2.32. The lowest BCUT2D eigenvalue weighted by molar-refractivity contribution is 0.226. The molecule has 2 nitrogen and oxygen atoms in total. The van der Waals surface area contributed by atoms with Gasteiger partial charge in [-0.1, -0.05) is 6.42 Å². The van der Waals surface area contributed by atoms with Crippen molar-refractivity contribution in [1.82, 2.24) is 10.2 Å². The van der Waals surface area contributed by atoms with Crippen LogP contribution < -0.4 is 5.32 Å². The molecule has 1 saturated heterocycles. The topological polar surface area (TPSA) is 15.3 Å². The van der Waals surface area contributed by atoms with Crippen molar-refractivity contribution in [3.05, 3.63) is 19.2 Å². The van der Waals surface area contributed by atoms with Crippen LogP contribution in [0.1, 0.15) is 30.6 Å². The number of nitrogens with zero attached hydrogens (tertiary/aromatic N) is 1. The van der Waals surface area contributed by atoms with Crippen LogP contribution >= 0.6 is 43.2 Å². The summed E-state index contributed by atoms with van der Waals surface area (Å²) in [6.45, 7) is 5.97. The maximum Gasteiger partial charge on any atom is 0.0843 e. The summed E-state index contributed by atoms with van der Waals surface area (Å²) in [5, 5.41) is 3.52. The first-order valence-electron chi connectivity index (χ1n) is 6.62. The minimum absolute atomic E-state index is 0.981. The monoisotopic (exact) mass is 394 g/mol. The van der Waals surface area contributed by atoms with Crippen molar-refractivity contribution in [2.24, 2.45) is 0 Å². The van der Waals surface area contributed by atoms with Gasteiger partial charge in [0.15, 0.2) is 0 Å². The van der Waals surface area contributed by atoms with E-state index in [1.54, 1.807) is 11.3 Å². The van der Waals surface area contributed by atoms with Crippen molar-refractivity contribution in [3.8, 4) is 0 Å². The van der Waals surface area contributed by atoms with Gasteiger partial charge in [-0.05, 0) is 83.4 Å². The summed E-state index contributed by atoms with van der Waals surface area (Å²) in [6.07, 6.45) is 5.47. The predicted octanol–water partition coefficient (Wildman–Crippen LogP) is 4.24. The Morgan fingerprint density at radius 3 is 2.67 bits per heavy atom. The predicted molar refractivity (Wildman–Crippen MR) is 86.3 cm³/mol. The van der Waals surface area contributed by atoms with Crippen molar-refractivity contribution >= 4 is 43.2 Å². The zero-order chi connectivity index (χ0) is 12.8. The molecular weight excluding hydrogens is 376 g/mol. The van der Waals surface area contributed by atoms with Crippen LogP contribution in [-0.4, -0.2) is 31.1 Å². The maximum atomic E-state index is 3.53. The fourth-order valence-electron chi connectivity index (χ4n) is 2.30. The first kappa shape index (κ1) is 15.0. The molecule has 1 aromatic rings. The van der Waals surface area contributed by atoms with Crippen LogP contribution in [-0.2, 0) is 6.54 Å². The molecule has 1 aliphatic rings. The first-order chi connectivity index (χ1) is 8.75. The van der Waals surface area contributed by atoms with Crippen molar-refractivity contribution < 1.29 is 0 Å². The van der Waals surface area contributed by atoms with E-state index in [4.69, 9.17) is 0 Å². The zero-order valence-corrected chi connectivity index (χ0v) is 14.5. The van der Waals surface area contributed by atoms with Crippen LogP contribution in [0.15, 0.2) is 14.3 Å². The van der Waals surface area contributed by atoms with Gasteiger partial charge in [0.2, 0.25) is 0 Å². The number of thiophene rings is 1. The molecule has 0 radical (unpaired) electrons. The molecule has 0 aromatic carbocycles. The lowest BCUT2D eigenvalue weighted by atomic mass is 10.1. The average molecular weight is 396 g/mol. The summed E-state index contributed by atoms with van der Waals surface area (Å²) in [4.78, 5) is 3.98. The Kier molecular flexibility index (Phi) is 6.66. The number of rotatable bonds is 6. The Morgan fingerprint density at radius 1 is 1.22 bits per heavy atom. The minimum Gasteiger partial charge on any atom is -0.312 e. The van der Waals surface area contributed by atoms with Crippen molar-refractivity contribution in [1.29, 1.82) is 0 Å². The van der Waals surface area contributed by atoms with E-state index in [2.05, 4.69) is 48.1 Å². The molecule has 1 N–H and O–H groups in total. The molecular formula is C13H20Br2N2S. The molecule has 5 heteroatoms. The van der Waals surface area contributed by atoms with Crippen molar-refractivity contribution in [3.63, 3.8) is 0 Å². The molecule has 2 heterocycles. The fourth-order valence-corrected chi connectivity index (χ4v) is 4.45. The zero-order valence-electron chi connectivity index (χ0n) is 10.6. The Bertz CT molecular complexity index is 342. The SMILES string of the molecule is Brc1cc(CNCCCN2CCCCC2)sc1Br. The van der Waals surface area contributed by atoms with Gasteiger partial charge in [0.1, 0.15) is 0 Å². The standard InChI is InChI=1S/C13H20Br2N2S/c14-12-9-11(18-13(12)15)10-16-5-4-8-17-6-2-1-3-7-17/h9,16H,1-8,10H2. The van der Waals surface area contributed by atoms with Crippen LogP contribution in [0.25, 0.3) is 0 Å². The van der Waals surface area contributed by atoms with Crippen molar-refractivity contribution in [2.45, 2.75) is 32.2 Å². The van der Waals surface area contributed by atoms with Crippen LogP contribution in [0.5, 0.6) is 0 Å². The lowest BCUT2D eigenvalue weighted by Gasteiger charge is -2.26. The highest BCUT2D eigenvalue weighted by atomic mass is 79.9. The molecule has 102 valence electrons. The van der Waals surface area contributed by atoms with Gasteiger partial charge in [-0.25, -0.2) is 0 Å². The normalized spacial score (nSPS) is 17.2. The molecule has 0 aliphatic carbocycles. The highest BCUT2D eigenvalue weighted by Gasteiger charge is 2.09. The average Bonchev–Trinajstić information content (AvgIpc) is 2.70. The van der Waals surface area contributed by atoms with Crippen LogP contribution in [0, 0.1) is 0 Å². The van der Waals surface area contributed by atoms with Gasteiger partial charge in [0.05, 0.1) is 3.79 Å². The minimum atomic E-state index is 0.981. The van der Waals surface area contributed by atoms with Gasteiger partial charge in [-0.15, -0.1) is 11.3 Å². The van der Waals surface area contributed by atoms with Crippen LogP contribution in [0.2, 0.25) is 0 Å². The molecule has 18 heavy (non-hydrogen) atoms. The third-order valence-electron chi connectivity index (χ3n) is 3.27. The summed E-state index contributed by atoms with van der Waals surface area (Å²) in [7, 11) is 0. The number of likely N-dealkylation sites (tertiary alicyclic amines) is 1. The number of hydrogen-bond acceptors (Lipinski definition) is 3. The Labute approximate surface area is 130 Å². The van der Waals surface area contributed by atoms with Gasteiger partial charge in [-0.2, -0.15) is 0 Å². The third kappa shape index (κ3) is 4.93. The smallest absolute Gasteiger partial charge is 0.0843 e. The Hall–Kier alpha value is 0.580. The Morgan fingerprint density at radius 2 is 2.00 bits per heavy atom. The van der Waals surface area contributed by atoms with E-state index in [0.29, 0.717) is 0 Å². The van der Waals surface area contributed by atoms with Crippen LogP contribution in [0.3, 0.4) is 0 Å².